The second-order valence-electron chi connectivity index (χ2n) is 21.8. The van der Waals surface area contributed by atoms with Gasteiger partial charge in [0.2, 0.25) is 0 Å². The van der Waals surface area contributed by atoms with Gasteiger partial charge in [-0.2, -0.15) is 0 Å². The molecule has 1 heteroatoms. The number of aryl methyl sites for hydroxylation is 2. The van der Waals surface area contributed by atoms with Gasteiger partial charge in [0, 0.05) is 17.1 Å². The molecule has 0 saturated heterocycles. The maximum atomic E-state index is 2.38. The van der Waals surface area contributed by atoms with E-state index in [0.29, 0.717) is 0 Å². The normalized spacial score (nSPS) is 11.6. The lowest BCUT2D eigenvalue weighted by molar-refractivity contribution is 1.28. The zero-order valence-electron chi connectivity index (χ0n) is 45.2. The van der Waals surface area contributed by atoms with E-state index in [4.69, 9.17) is 0 Å². The highest BCUT2D eigenvalue weighted by molar-refractivity contribution is 6.04. The summed E-state index contributed by atoms with van der Waals surface area (Å²) in [5, 5.41) is 15.1. The monoisotopic (exact) mass is 1030 g/mol. The van der Waals surface area contributed by atoms with E-state index in [2.05, 4.69) is 316 Å². The Morgan fingerprint density at radius 3 is 0.877 bits per heavy atom. The Morgan fingerprint density at radius 1 is 0.185 bits per heavy atom. The molecular formula is C80H55N. The fourth-order valence-electron chi connectivity index (χ4n) is 12.5. The van der Waals surface area contributed by atoms with E-state index in [1.165, 1.54) is 143 Å². The van der Waals surface area contributed by atoms with Gasteiger partial charge in [0.1, 0.15) is 0 Å². The number of rotatable bonds is 9. The highest BCUT2D eigenvalue weighted by Crippen LogP contribution is 2.41. The highest BCUT2D eigenvalue weighted by atomic mass is 15.1. The van der Waals surface area contributed by atoms with Gasteiger partial charge in [0.25, 0.3) is 0 Å². The molecule has 0 amide bonds. The minimum atomic E-state index is 1.09. The highest BCUT2D eigenvalue weighted by Gasteiger charge is 2.16. The van der Waals surface area contributed by atoms with Gasteiger partial charge in [0.05, 0.1) is 0 Å². The fourth-order valence-corrected chi connectivity index (χ4v) is 12.5. The Bertz CT molecular complexity index is 4710. The smallest absolute Gasteiger partial charge is 0.0462 e. The standard InChI is InChI=1S/C80H55N/c1-52-18-44-77(79-15-7-5-12-73(52)79)65-30-24-58-21-27-62(47-68(58)50-65)55-34-40-71(41-35-55)81(70-38-32-54(33-39-70)61-26-20-57-23-29-64(49-67(57)46-61)76-17-9-11-60-10-3-4-14-75(60)76)72-42-36-56(37-43-72)63-28-22-59-25-31-66(51-69(59)48-63)78-45-19-53(2)74-13-6-8-16-80(74)78/h3-51H,1-2H3. The van der Waals surface area contributed by atoms with Crippen LogP contribution in [0.5, 0.6) is 0 Å². The molecule has 0 fully saturated rings. The zero-order valence-corrected chi connectivity index (χ0v) is 45.2. The summed E-state index contributed by atoms with van der Waals surface area (Å²) in [6.07, 6.45) is 0. The van der Waals surface area contributed by atoms with Crippen LogP contribution in [0.15, 0.2) is 297 Å². The van der Waals surface area contributed by atoms with E-state index < -0.39 is 0 Å². The van der Waals surface area contributed by atoms with Crippen LogP contribution in [0.1, 0.15) is 11.1 Å². The molecule has 0 heterocycles. The summed E-state index contributed by atoms with van der Waals surface area (Å²) in [6.45, 7) is 4.39. The fraction of sp³-hybridized carbons (Fsp3) is 0.0250. The van der Waals surface area contributed by atoms with Gasteiger partial charge in [-0.15, -0.1) is 0 Å². The van der Waals surface area contributed by atoms with Crippen molar-refractivity contribution in [3.05, 3.63) is 308 Å². The van der Waals surface area contributed by atoms with Crippen LogP contribution in [0, 0.1) is 13.8 Å². The molecule has 15 rings (SSSR count). The van der Waals surface area contributed by atoms with Crippen LogP contribution in [0.4, 0.5) is 17.1 Å². The Balaban J connectivity index is 0.775. The summed E-state index contributed by atoms with van der Waals surface area (Å²) >= 11 is 0. The molecule has 0 bridgehead atoms. The van der Waals surface area contributed by atoms with Gasteiger partial charge in [-0.05, 0) is 229 Å². The van der Waals surface area contributed by atoms with Crippen molar-refractivity contribution in [1.82, 2.24) is 0 Å². The Morgan fingerprint density at radius 2 is 0.481 bits per heavy atom. The molecule has 0 saturated carbocycles. The molecule has 380 valence electrons. The third kappa shape index (κ3) is 8.77. The van der Waals surface area contributed by atoms with Crippen molar-refractivity contribution in [1.29, 1.82) is 0 Å². The summed E-state index contributed by atoms with van der Waals surface area (Å²) < 4.78 is 0. The molecule has 0 unspecified atom stereocenters. The third-order valence-corrected chi connectivity index (χ3v) is 16.9. The molecule has 81 heavy (non-hydrogen) atoms. The minimum Gasteiger partial charge on any atom is -0.311 e. The van der Waals surface area contributed by atoms with Crippen LogP contribution in [-0.2, 0) is 0 Å². The number of fused-ring (bicyclic) bond motifs is 6. The number of hydrogen-bond donors (Lipinski definition) is 0. The summed E-state index contributed by atoms with van der Waals surface area (Å²) in [5.74, 6) is 0. The second kappa shape index (κ2) is 19.8. The van der Waals surface area contributed by atoms with Crippen LogP contribution >= 0.6 is 0 Å². The van der Waals surface area contributed by atoms with Crippen LogP contribution in [-0.4, -0.2) is 0 Å². The van der Waals surface area contributed by atoms with E-state index in [0.717, 1.165) is 17.1 Å². The first-order valence-electron chi connectivity index (χ1n) is 28.1. The molecule has 0 N–H and O–H groups in total. The van der Waals surface area contributed by atoms with Crippen molar-refractivity contribution in [3.63, 3.8) is 0 Å². The zero-order chi connectivity index (χ0) is 54.0. The average molecular weight is 1030 g/mol. The van der Waals surface area contributed by atoms with Crippen LogP contribution in [0.3, 0.4) is 0 Å². The van der Waals surface area contributed by atoms with E-state index in [-0.39, 0.29) is 0 Å². The van der Waals surface area contributed by atoms with Crippen LogP contribution in [0.2, 0.25) is 0 Å². The predicted octanol–water partition coefficient (Wildman–Crippen LogP) is 22.7. The van der Waals surface area contributed by atoms with Crippen molar-refractivity contribution in [2.24, 2.45) is 0 Å². The van der Waals surface area contributed by atoms with Crippen molar-refractivity contribution < 1.29 is 0 Å². The molecule has 0 atom stereocenters. The molecular weight excluding hydrogens is 975 g/mol. The minimum absolute atomic E-state index is 1.09. The van der Waals surface area contributed by atoms with E-state index >= 15 is 0 Å². The van der Waals surface area contributed by atoms with Crippen molar-refractivity contribution in [2.45, 2.75) is 13.8 Å². The SMILES string of the molecule is Cc1ccc(-c2ccc3ccc(-c4ccc(N(c5ccc(-c6ccc7ccc(-c8cccc9ccccc89)cc7c6)cc5)c5ccc(-c6ccc7ccc(-c8ccc(C)c9ccccc89)cc7c6)cc5)cc4)cc3c2)c2ccccc12. The van der Waals surface area contributed by atoms with Crippen LogP contribution < -0.4 is 4.90 Å². The lowest BCUT2D eigenvalue weighted by atomic mass is 9.93. The summed E-state index contributed by atoms with van der Waals surface area (Å²) in [5.41, 5.74) is 20.4. The Labute approximate surface area is 472 Å². The molecule has 0 aromatic heterocycles. The van der Waals surface area contributed by atoms with Gasteiger partial charge in [-0.1, -0.05) is 224 Å². The van der Waals surface area contributed by atoms with Gasteiger partial charge < -0.3 is 4.90 Å². The van der Waals surface area contributed by atoms with E-state index in [9.17, 15) is 0 Å². The van der Waals surface area contributed by atoms with Crippen molar-refractivity contribution in [3.8, 4) is 66.8 Å². The molecule has 0 spiro atoms. The Kier molecular flexibility index (Phi) is 11.7. The summed E-state index contributed by atoms with van der Waals surface area (Å²) in [7, 11) is 0. The molecule has 0 aliphatic rings. The summed E-state index contributed by atoms with van der Waals surface area (Å²) in [4.78, 5) is 2.38. The first kappa shape index (κ1) is 47.8. The van der Waals surface area contributed by atoms with Gasteiger partial charge in [-0.3, -0.25) is 0 Å². The number of anilines is 3. The second-order valence-corrected chi connectivity index (χ2v) is 21.8. The largest absolute Gasteiger partial charge is 0.311 e. The van der Waals surface area contributed by atoms with E-state index in [1.807, 2.05) is 0 Å². The summed E-state index contributed by atoms with van der Waals surface area (Å²) in [6, 6.07) is 110. The van der Waals surface area contributed by atoms with Crippen molar-refractivity contribution >= 4 is 81.7 Å². The van der Waals surface area contributed by atoms with Crippen LogP contribution in [0.25, 0.3) is 131 Å². The lowest BCUT2D eigenvalue weighted by Crippen LogP contribution is -2.09. The molecule has 15 aromatic carbocycles. The topological polar surface area (TPSA) is 3.24 Å². The molecule has 0 aliphatic heterocycles. The van der Waals surface area contributed by atoms with Crippen molar-refractivity contribution in [2.75, 3.05) is 4.90 Å². The number of benzene rings is 15. The molecule has 0 aliphatic carbocycles. The average Bonchev–Trinajstić information content (AvgIpc) is 3.66. The first-order chi connectivity index (χ1) is 39.9. The van der Waals surface area contributed by atoms with Gasteiger partial charge >= 0.3 is 0 Å². The maximum absolute atomic E-state index is 2.38. The lowest BCUT2D eigenvalue weighted by Gasteiger charge is -2.26. The quantitative estimate of drug-likeness (QED) is 0.139. The molecule has 1 nitrogen and oxygen atoms in total. The first-order valence-corrected chi connectivity index (χ1v) is 28.1. The Hall–Kier alpha value is -10.3. The number of nitrogens with zero attached hydrogens (tertiary/aromatic N) is 1. The molecule has 15 aromatic rings. The predicted molar refractivity (Wildman–Crippen MR) is 348 cm³/mol. The van der Waals surface area contributed by atoms with E-state index in [1.54, 1.807) is 0 Å². The number of hydrogen-bond acceptors (Lipinski definition) is 1. The molecule has 0 radical (unpaired) electrons. The van der Waals surface area contributed by atoms with Gasteiger partial charge in [0.15, 0.2) is 0 Å². The maximum Gasteiger partial charge on any atom is 0.0462 e. The van der Waals surface area contributed by atoms with Gasteiger partial charge in [-0.25, -0.2) is 0 Å². The third-order valence-electron chi connectivity index (χ3n) is 16.9.